The number of benzene rings is 1. The third kappa shape index (κ3) is 6.42. The SMILES string of the molecule is C[C@H]1C=CC2=C[C@@H](O)C[C@H](OC(=O)C(C)(C)Oc3ccc([N+](=O)[O-])cc3)[C@@H]2[C@H]1CC[C@@H]1C[C@@H](O)CC(=O)O1. The molecule has 7 atom stereocenters. The standard InChI is InChI=1S/C28H35NO9/c1-16-4-5-17-12-19(30)14-24(26(17)23(16)11-10-22-13-20(31)15-25(32)36-22)37-27(33)28(2,3)38-21-8-6-18(7-9-21)29(34)35/h4-9,12,16,19-20,22-24,26,30-31H,10-11,13-15H2,1-3H3/t16-,19+,20+,22+,23-,24-,26-/m0/s1. The van der Waals surface area contributed by atoms with Gasteiger partial charge in [0.15, 0.2) is 5.60 Å². The van der Waals surface area contributed by atoms with E-state index in [0.29, 0.717) is 19.3 Å². The molecule has 10 heteroatoms. The molecule has 0 aromatic heterocycles. The number of rotatable bonds is 8. The average Bonchev–Trinajstić information content (AvgIpc) is 2.83. The van der Waals surface area contributed by atoms with Crippen LogP contribution in [0.15, 0.2) is 48.1 Å². The quantitative estimate of drug-likeness (QED) is 0.293. The van der Waals surface area contributed by atoms with Crippen molar-refractivity contribution in [2.24, 2.45) is 17.8 Å². The number of cyclic esters (lactones) is 1. The number of nitro benzene ring substituents is 1. The Bertz CT molecular complexity index is 1110. The summed E-state index contributed by atoms with van der Waals surface area (Å²) in [5, 5.41) is 31.4. The minimum Gasteiger partial charge on any atom is -0.476 e. The zero-order valence-electron chi connectivity index (χ0n) is 21.8. The van der Waals surface area contributed by atoms with Crippen molar-refractivity contribution in [1.29, 1.82) is 0 Å². The van der Waals surface area contributed by atoms with Gasteiger partial charge >= 0.3 is 11.9 Å². The van der Waals surface area contributed by atoms with Crippen molar-refractivity contribution in [2.45, 2.75) is 82.9 Å². The highest BCUT2D eigenvalue weighted by Crippen LogP contribution is 2.44. The zero-order valence-corrected chi connectivity index (χ0v) is 21.8. The first-order valence-corrected chi connectivity index (χ1v) is 13.0. The highest BCUT2D eigenvalue weighted by molar-refractivity contribution is 5.79. The molecule has 10 nitrogen and oxygen atoms in total. The molecular formula is C28H35NO9. The molecule has 38 heavy (non-hydrogen) atoms. The Morgan fingerprint density at radius 3 is 2.55 bits per heavy atom. The van der Waals surface area contributed by atoms with Gasteiger partial charge in [-0.3, -0.25) is 14.9 Å². The molecule has 4 rings (SSSR count). The molecule has 3 aliphatic rings. The van der Waals surface area contributed by atoms with E-state index < -0.39 is 40.8 Å². The molecule has 0 bridgehead atoms. The summed E-state index contributed by atoms with van der Waals surface area (Å²) in [6.07, 6.45) is 5.33. The van der Waals surface area contributed by atoms with E-state index in [1.807, 2.05) is 6.08 Å². The van der Waals surface area contributed by atoms with Crippen LogP contribution in [0.4, 0.5) is 5.69 Å². The van der Waals surface area contributed by atoms with Crippen LogP contribution in [-0.2, 0) is 19.1 Å². The molecule has 2 N–H and O–H groups in total. The third-order valence-electron chi connectivity index (χ3n) is 7.60. The first kappa shape index (κ1) is 27.8. The minimum absolute atomic E-state index is 0.0161. The van der Waals surface area contributed by atoms with Gasteiger partial charge in [-0.1, -0.05) is 25.2 Å². The number of allylic oxidation sites excluding steroid dienone is 2. The van der Waals surface area contributed by atoms with Crippen LogP contribution in [-0.4, -0.2) is 57.1 Å². The van der Waals surface area contributed by atoms with Crippen LogP contribution in [0.3, 0.4) is 0 Å². The summed E-state index contributed by atoms with van der Waals surface area (Å²) in [5.74, 6) is -0.663. The van der Waals surface area contributed by atoms with Crippen LogP contribution < -0.4 is 4.74 Å². The fourth-order valence-electron chi connectivity index (χ4n) is 5.65. The fourth-order valence-corrected chi connectivity index (χ4v) is 5.65. The van der Waals surface area contributed by atoms with E-state index in [2.05, 4.69) is 13.0 Å². The number of nitro groups is 1. The number of ether oxygens (including phenoxy) is 3. The summed E-state index contributed by atoms with van der Waals surface area (Å²) in [6.45, 7) is 5.22. The first-order valence-electron chi connectivity index (χ1n) is 13.0. The average molecular weight is 530 g/mol. The lowest BCUT2D eigenvalue weighted by atomic mass is 9.66. The van der Waals surface area contributed by atoms with E-state index in [0.717, 1.165) is 5.57 Å². The molecule has 0 radical (unpaired) electrons. The van der Waals surface area contributed by atoms with Crippen LogP contribution in [0.2, 0.25) is 0 Å². The Hall–Kier alpha value is -3.24. The van der Waals surface area contributed by atoms with Crippen molar-refractivity contribution in [3.05, 3.63) is 58.2 Å². The van der Waals surface area contributed by atoms with Crippen LogP contribution in [0.5, 0.6) is 5.75 Å². The number of non-ortho nitro benzene ring substituents is 1. The van der Waals surface area contributed by atoms with Crippen LogP contribution in [0.25, 0.3) is 0 Å². The van der Waals surface area contributed by atoms with Gasteiger partial charge in [-0.25, -0.2) is 4.79 Å². The minimum atomic E-state index is -1.39. The summed E-state index contributed by atoms with van der Waals surface area (Å²) in [4.78, 5) is 35.5. The summed E-state index contributed by atoms with van der Waals surface area (Å²) < 4.78 is 17.3. The molecule has 1 fully saturated rings. The van der Waals surface area contributed by atoms with E-state index in [9.17, 15) is 29.9 Å². The molecule has 1 saturated heterocycles. The van der Waals surface area contributed by atoms with Crippen molar-refractivity contribution >= 4 is 17.6 Å². The predicted molar refractivity (Wildman–Crippen MR) is 136 cm³/mol. The Balaban J connectivity index is 1.47. The number of aliphatic hydroxyl groups excluding tert-OH is 2. The number of carbonyl (C=O) groups excluding carboxylic acids is 2. The van der Waals surface area contributed by atoms with E-state index in [1.54, 1.807) is 19.9 Å². The second-order valence-electron chi connectivity index (χ2n) is 11.0. The normalized spacial score (nSPS) is 31.0. The van der Waals surface area contributed by atoms with Gasteiger partial charge in [-0.05, 0) is 56.2 Å². The molecule has 0 spiro atoms. The van der Waals surface area contributed by atoms with E-state index in [4.69, 9.17) is 14.2 Å². The lowest BCUT2D eigenvalue weighted by molar-refractivity contribution is -0.384. The van der Waals surface area contributed by atoms with Gasteiger partial charge in [0.2, 0.25) is 0 Å². The van der Waals surface area contributed by atoms with Gasteiger partial charge in [-0.15, -0.1) is 0 Å². The molecule has 1 aliphatic heterocycles. The smallest absolute Gasteiger partial charge is 0.350 e. The Labute approximate surface area is 221 Å². The highest BCUT2D eigenvalue weighted by Gasteiger charge is 2.44. The molecule has 206 valence electrons. The number of hydrogen-bond acceptors (Lipinski definition) is 9. The molecule has 0 saturated carbocycles. The third-order valence-corrected chi connectivity index (χ3v) is 7.60. The number of esters is 2. The van der Waals surface area contributed by atoms with Crippen molar-refractivity contribution in [3.8, 4) is 5.75 Å². The van der Waals surface area contributed by atoms with Gasteiger partial charge in [0.05, 0.1) is 23.6 Å². The second-order valence-corrected chi connectivity index (χ2v) is 11.0. The molecule has 0 unspecified atom stereocenters. The molecular weight excluding hydrogens is 494 g/mol. The van der Waals surface area contributed by atoms with E-state index >= 15 is 0 Å². The van der Waals surface area contributed by atoms with E-state index in [1.165, 1.54) is 24.3 Å². The number of fused-ring (bicyclic) bond motifs is 1. The summed E-state index contributed by atoms with van der Waals surface area (Å²) in [5.41, 5.74) is -0.573. The van der Waals surface area contributed by atoms with Crippen molar-refractivity contribution < 1.29 is 38.9 Å². The van der Waals surface area contributed by atoms with Crippen molar-refractivity contribution in [1.82, 2.24) is 0 Å². The Morgan fingerprint density at radius 1 is 1.18 bits per heavy atom. The fraction of sp³-hybridized carbons (Fsp3) is 0.571. The highest BCUT2D eigenvalue weighted by atomic mass is 16.6. The molecule has 2 aliphatic carbocycles. The lowest BCUT2D eigenvalue weighted by Crippen LogP contribution is -2.47. The van der Waals surface area contributed by atoms with Gasteiger partial charge < -0.3 is 24.4 Å². The van der Waals surface area contributed by atoms with Crippen molar-refractivity contribution in [2.75, 3.05) is 0 Å². The van der Waals surface area contributed by atoms with Gasteiger partial charge in [-0.2, -0.15) is 0 Å². The van der Waals surface area contributed by atoms with E-state index in [-0.39, 0.29) is 48.1 Å². The maximum Gasteiger partial charge on any atom is 0.350 e. The Morgan fingerprint density at radius 2 is 1.89 bits per heavy atom. The van der Waals surface area contributed by atoms with Crippen LogP contribution in [0.1, 0.15) is 52.9 Å². The molecule has 1 aromatic carbocycles. The molecule has 1 heterocycles. The first-order chi connectivity index (χ1) is 17.9. The maximum atomic E-state index is 13.3. The summed E-state index contributed by atoms with van der Waals surface area (Å²) >= 11 is 0. The monoisotopic (exact) mass is 529 g/mol. The lowest BCUT2D eigenvalue weighted by Gasteiger charge is -2.43. The van der Waals surface area contributed by atoms with Crippen molar-refractivity contribution in [3.63, 3.8) is 0 Å². The van der Waals surface area contributed by atoms with Crippen LogP contribution >= 0.6 is 0 Å². The van der Waals surface area contributed by atoms with Gasteiger partial charge in [0.1, 0.15) is 18.0 Å². The van der Waals surface area contributed by atoms with Gasteiger partial charge in [0.25, 0.3) is 5.69 Å². The molecule has 0 amide bonds. The number of nitrogens with zero attached hydrogens (tertiary/aromatic N) is 1. The van der Waals surface area contributed by atoms with Crippen LogP contribution in [0, 0.1) is 27.9 Å². The summed E-state index contributed by atoms with van der Waals surface area (Å²) in [7, 11) is 0. The predicted octanol–water partition coefficient (Wildman–Crippen LogP) is 3.64. The second kappa shape index (κ2) is 11.2. The number of carbonyl (C=O) groups is 2. The maximum absolute atomic E-state index is 13.3. The van der Waals surface area contributed by atoms with Gasteiger partial charge in [0, 0.05) is 30.9 Å². The number of hydrogen-bond donors (Lipinski definition) is 2. The largest absolute Gasteiger partial charge is 0.476 e. The molecule has 1 aromatic rings. The zero-order chi connectivity index (χ0) is 27.6. The summed E-state index contributed by atoms with van der Waals surface area (Å²) in [6, 6.07) is 5.45. The number of aliphatic hydroxyl groups is 2. The topological polar surface area (TPSA) is 145 Å². The Kier molecular flexibility index (Phi) is 8.22.